The van der Waals surface area contributed by atoms with Gasteiger partial charge in [-0.15, -0.1) is 0 Å². The smallest absolute Gasteiger partial charge is 0.338 e. The van der Waals surface area contributed by atoms with Crippen LogP contribution < -0.4 is 0 Å². The standard InChI is InChI=1S/C32H42O8/c1-7-25(34)38-23-17-24-31(18-37-24,40-20(3)33)26-27(39-28(35)21-11-9-8-10-12-21)32(36)16-13-19(2)22(29(32,4)5)14-15-30(23,26)6/h7-12,23-27,34,36H,1,13-18H2,2-6H3/t23-,24+,25?,26-,27-,30+,31-,32+/m0/s1. The van der Waals surface area contributed by atoms with E-state index in [4.69, 9.17) is 18.9 Å². The number of carbonyl (C=O) groups is 2. The number of ether oxygens (including phenoxy) is 4. The summed E-state index contributed by atoms with van der Waals surface area (Å²) in [6.45, 7) is 13.3. The molecule has 4 aliphatic rings. The molecule has 0 radical (unpaired) electrons. The van der Waals surface area contributed by atoms with Gasteiger partial charge in [0.15, 0.2) is 11.9 Å². The maximum Gasteiger partial charge on any atom is 0.338 e. The molecule has 8 nitrogen and oxygen atoms in total. The fraction of sp³-hybridized carbons (Fsp3) is 0.625. The highest BCUT2D eigenvalue weighted by Gasteiger charge is 2.74. The van der Waals surface area contributed by atoms with Crippen molar-refractivity contribution < 1.29 is 38.7 Å². The Morgan fingerprint density at radius 1 is 1.15 bits per heavy atom. The number of esters is 2. The van der Waals surface area contributed by atoms with E-state index in [0.29, 0.717) is 37.7 Å². The van der Waals surface area contributed by atoms with Gasteiger partial charge in [0.2, 0.25) is 0 Å². The van der Waals surface area contributed by atoms with E-state index in [1.54, 1.807) is 24.3 Å². The second kappa shape index (κ2) is 10.1. The highest BCUT2D eigenvalue weighted by molar-refractivity contribution is 5.89. The molecule has 1 saturated heterocycles. The Morgan fingerprint density at radius 2 is 1.85 bits per heavy atom. The van der Waals surface area contributed by atoms with E-state index in [-0.39, 0.29) is 6.61 Å². The summed E-state index contributed by atoms with van der Waals surface area (Å²) in [6, 6.07) is 8.71. The maximum atomic E-state index is 13.7. The van der Waals surface area contributed by atoms with Gasteiger partial charge in [0.05, 0.1) is 24.2 Å². The van der Waals surface area contributed by atoms with Crippen LogP contribution in [0.2, 0.25) is 0 Å². The molecule has 1 heterocycles. The van der Waals surface area contributed by atoms with Crippen molar-refractivity contribution in [2.75, 3.05) is 6.61 Å². The number of benzene rings is 1. The monoisotopic (exact) mass is 554 g/mol. The van der Waals surface area contributed by atoms with Gasteiger partial charge in [-0.1, -0.05) is 56.7 Å². The van der Waals surface area contributed by atoms with E-state index in [0.717, 1.165) is 5.57 Å². The van der Waals surface area contributed by atoms with Crippen molar-refractivity contribution in [3.63, 3.8) is 0 Å². The highest BCUT2D eigenvalue weighted by atomic mass is 16.6. The second-order valence-electron chi connectivity index (χ2n) is 12.8. The summed E-state index contributed by atoms with van der Waals surface area (Å²) in [5.74, 6) is -1.72. The molecule has 2 bridgehead atoms. The van der Waals surface area contributed by atoms with Crippen molar-refractivity contribution in [2.45, 2.75) is 103 Å². The van der Waals surface area contributed by atoms with E-state index in [9.17, 15) is 19.8 Å². The summed E-state index contributed by atoms with van der Waals surface area (Å²) in [5, 5.41) is 23.4. The van der Waals surface area contributed by atoms with Crippen LogP contribution in [-0.2, 0) is 23.7 Å². The number of aliphatic hydroxyl groups excluding tert-OH is 1. The summed E-state index contributed by atoms with van der Waals surface area (Å²) < 4.78 is 24.8. The van der Waals surface area contributed by atoms with Crippen molar-refractivity contribution in [3.8, 4) is 0 Å². The molecule has 1 unspecified atom stereocenters. The van der Waals surface area contributed by atoms with Crippen LogP contribution in [0.15, 0.2) is 54.1 Å². The van der Waals surface area contributed by atoms with Crippen molar-refractivity contribution >= 4 is 11.9 Å². The van der Waals surface area contributed by atoms with Gasteiger partial charge >= 0.3 is 11.9 Å². The molecule has 0 spiro atoms. The molecule has 0 amide bonds. The third-order valence-corrected chi connectivity index (χ3v) is 10.5. The lowest BCUT2D eigenvalue weighted by Gasteiger charge is -2.68. The molecule has 0 aromatic heterocycles. The van der Waals surface area contributed by atoms with Crippen LogP contribution in [0, 0.1) is 16.7 Å². The van der Waals surface area contributed by atoms with Gasteiger partial charge < -0.3 is 29.2 Å². The van der Waals surface area contributed by atoms with Crippen LogP contribution in [-0.4, -0.2) is 64.6 Å². The van der Waals surface area contributed by atoms with Crippen molar-refractivity contribution in [1.82, 2.24) is 0 Å². The molecule has 5 rings (SSSR count). The van der Waals surface area contributed by atoms with Gasteiger partial charge in [-0.25, -0.2) is 4.79 Å². The molecule has 1 aromatic rings. The zero-order valence-electron chi connectivity index (χ0n) is 24.1. The second-order valence-corrected chi connectivity index (χ2v) is 12.8. The fourth-order valence-corrected chi connectivity index (χ4v) is 8.18. The first-order valence-electron chi connectivity index (χ1n) is 14.2. The Bertz CT molecular complexity index is 1210. The average Bonchev–Trinajstić information content (AvgIpc) is 2.90. The van der Waals surface area contributed by atoms with Crippen LogP contribution in [0.5, 0.6) is 0 Å². The minimum atomic E-state index is -1.48. The first-order chi connectivity index (χ1) is 18.8. The van der Waals surface area contributed by atoms with Crippen LogP contribution in [0.1, 0.15) is 77.1 Å². The Hall–Kier alpha value is -2.52. The van der Waals surface area contributed by atoms with Gasteiger partial charge in [-0.2, -0.15) is 0 Å². The van der Waals surface area contributed by atoms with Gasteiger partial charge in [0, 0.05) is 24.2 Å². The van der Waals surface area contributed by atoms with Gasteiger partial charge in [0.1, 0.15) is 17.8 Å². The SMILES string of the molecule is C=CC(O)O[C@H]1C[C@H]2OC[C@@]2(OC(C)=O)[C@H]2[C@H](OC(=O)c3ccccc3)[C@]3(O)CCC(C)=C(CC[C@]12C)C3(C)C. The molecule has 1 aromatic carbocycles. The summed E-state index contributed by atoms with van der Waals surface area (Å²) >= 11 is 0. The summed E-state index contributed by atoms with van der Waals surface area (Å²) in [6.07, 6.45) is 0.606. The lowest BCUT2D eigenvalue weighted by Crippen LogP contribution is -2.79. The molecular weight excluding hydrogens is 512 g/mol. The maximum absolute atomic E-state index is 13.7. The Kier molecular flexibility index (Phi) is 7.31. The predicted molar refractivity (Wildman–Crippen MR) is 147 cm³/mol. The van der Waals surface area contributed by atoms with Crippen LogP contribution >= 0.6 is 0 Å². The fourth-order valence-electron chi connectivity index (χ4n) is 8.18. The van der Waals surface area contributed by atoms with Gasteiger partial charge in [-0.3, -0.25) is 4.79 Å². The highest BCUT2D eigenvalue weighted by Crippen LogP contribution is 2.65. The minimum Gasteiger partial charge on any atom is -0.455 e. The molecule has 40 heavy (non-hydrogen) atoms. The normalized spacial score (nSPS) is 38.9. The van der Waals surface area contributed by atoms with E-state index >= 15 is 0 Å². The number of carbonyl (C=O) groups excluding carboxylic acids is 2. The average molecular weight is 555 g/mol. The zero-order chi connectivity index (χ0) is 29.1. The van der Waals surface area contributed by atoms with Crippen LogP contribution in [0.25, 0.3) is 0 Å². The summed E-state index contributed by atoms with van der Waals surface area (Å²) in [5.41, 5.74) is -1.41. The molecule has 2 N–H and O–H groups in total. The number of fused-ring (bicyclic) bond motifs is 5. The third-order valence-electron chi connectivity index (χ3n) is 10.5. The quantitative estimate of drug-likeness (QED) is 0.301. The lowest BCUT2D eigenvalue weighted by molar-refractivity contribution is -0.359. The van der Waals surface area contributed by atoms with Crippen molar-refractivity contribution in [2.24, 2.45) is 16.7 Å². The molecular formula is C32H42O8. The largest absolute Gasteiger partial charge is 0.455 e. The molecule has 8 atom stereocenters. The number of hydrogen-bond acceptors (Lipinski definition) is 8. The topological polar surface area (TPSA) is 112 Å². The molecule has 8 heteroatoms. The Morgan fingerprint density at radius 3 is 2.45 bits per heavy atom. The molecule has 3 aliphatic carbocycles. The zero-order valence-corrected chi connectivity index (χ0v) is 24.1. The van der Waals surface area contributed by atoms with E-state index < -0.39 is 64.5 Å². The number of allylic oxidation sites excluding steroid dienone is 1. The minimum absolute atomic E-state index is 0.117. The number of hydrogen-bond donors (Lipinski definition) is 2. The first-order valence-corrected chi connectivity index (χ1v) is 14.2. The molecule has 3 fully saturated rings. The summed E-state index contributed by atoms with van der Waals surface area (Å²) in [7, 11) is 0. The van der Waals surface area contributed by atoms with Crippen LogP contribution in [0.4, 0.5) is 0 Å². The van der Waals surface area contributed by atoms with E-state index in [1.165, 1.54) is 18.6 Å². The Balaban J connectivity index is 1.73. The first kappa shape index (κ1) is 29.0. The number of rotatable bonds is 6. The third kappa shape index (κ3) is 4.26. The van der Waals surface area contributed by atoms with Crippen LogP contribution in [0.3, 0.4) is 0 Å². The Labute approximate surface area is 236 Å². The van der Waals surface area contributed by atoms with E-state index in [2.05, 4.69) is 13.5 Å². The van der Waals surface area contributed by atoms with E-state index in [1.807, 2.05) is 26.8 Å². The number of aliphatic hydroxyl groups is 2. The molecule has 218 valence electrons. The molecule has 1 aliphatic heterocycles. The summed E-state index contributed by atoms with van der Waals surface area (Å²) in [4.78, 5) is 26.3. The van der Waals surface area contributed by atoms with Gasteiger partial charge in [0.25, 0.3) is 0 Å². The predicted octanol–water partition coefficient (Wildman–Crippen LogP) is 4.49. The molecule has 2 saturated carbocycles. The van der Waals surface area contributed by atoms with Crippen molar-refractivity contribution in [1.29, 1.82) is 0 Å². The van der Waals surface area contributed by atoms with Gasteiger partial charge in [-0.05, 0) is 50.8 Å². The van der Waals surface area contributed by atoms with Crippen molar-refractivity contribution in [3.05, 3.63) is 59.7 Å². The lowest BCUT2D eigenvalue weighted by atomic mass is 9.45.